The van der Waals surface area contributed by atoms with Crippen molar-refractivity contribution in [3.63, 3.8) is 0 Å². The highest BCUT2D eigenvalue weighted by molar-refractivity contribution is 5.43. The van der Waals surface area contributed by atoms with E-state index in [-0.39, 0.29) is 6.61 Å². The summed E-state index contributed by atoms with van der Waals surface area (Å²) in [6, 6.07) is 2.33. The molecule has 1 aromatic heterocycles. The number of hydrazine groups is 1. The number of hydrogen-bond acceptors (Lipinski definition) is 6. The van der Waals surface area contributed by atoms with Crippen molar-refractivity contribution in [1.82, 2.24) is 9.97 Å². The van der Waals surface area contributed by atoms with E-state index in [2.05, 4.69) is 20.3 Å². The Morgan fingerprint density at radius 1 is 1.47 bits per heavy atom. The molecule has 0 atom stereocenters. The number of nitrogen functional groups attached to an aromatic ring is 1. The van der Waals surface area contributed by atoms with E-state index in [4.69, 9.17) is 10.9 Å². The Morgan fingerprint density at radius 3 is 2.88 bits per heavy atom. The highest BCUT2D eigenvalue weighted by Gasteiger charge is 2.23. The molecule has 1 heterocycles. The zero-order valence-electron chi connectivity index (χ0n) is 9.84. The van der Waals surface area contributed by atoms with Gasteiger partial charge in [0.15, 0.2) is 0 Å². The van der Waals surface area contributed by atoms with Crippen LogP contribution in [-0.2, 0) is 0 Å². The minimum Gasteiger partial charge on any atom is -0.395 e. The van der Waals surface area contributed by atoms with Crippen LogP contribution in [0.5, 0.6) is 0 Å². The molecule has 1 aliphatic rings. The Balaban J connectivity index is 2.18. The van der Waals surface area contributed by atoms with Crippen LogP contribution in [0.25, 0.3) is 0 Å². The maximum absolute atomic E-state index is 9.16. The van der Waals surface area contributed by atoms with Crippen LogP contribution in [0, 0.1) is 0 Å². The van der Waals surface area contributed by atoms with E-state index in [9.17, 15) is 0 Å². The first-order chi connectivity index (χ1) is 8.35. The van der Waals surface area contributed by atoms with Crippen LogP contribution in [0.2, 0.25) is 0 Å². The molecular formula is C11H19N5O. The molecule has 0 bridgehead atoms. The van der Waals surface area contributed by atoms with Gasteiger partial charge in [-0.2, -0.15) is 4.98 Å². The lowest BCUT2D eigenvalue weighted by atomic mass is 10.2. The molecule has 6 nitrogen and oxygen atoms in total. The molecule has 1 aromatic rings. The summed E-state index contributed by atoms with van der Waals surface area (Å²) in [4.78, 5) is 10.5. The lowest BCUT2D eigenvalue weighted by molar-refractivity contribution is 0.297. The molecule has 1 saturated carbocycles. The third kappa shape index (κ3) is 2.83. The van der Waals surface area contributed by atoms with Crippen LogP contribution in [0.1, 0.15) is 25.7 Å². The lowest BCUT2D eigenvalue weighted by Crippen LogP contribution is -2.36. The molecule has 0 saturated heterocycles. The van der Waals surface area contributed by atoms with Gasteiger partial charge in [0, 0.05) is 18.8 Å². The minimum atomic E-state index is 0.131. The fraction of sp³-hybridized carbons (Fsp3) is 0.636. The normalized spacial score (nSPS) is 16.1. The van der Waals surface area contributed by atoms with Gasteiger partial charge in [0.25, 0.3) is 0 Å². The zero-order chi connectivity index (χ0) is 12.1. The first-order valence-electron chi connectivity index (χ1n) is 6.02. The number of nitrogens with two attached hydrogens (primary N) is 1. The summed E-state index contributed by atoms with van der Waals surface area (Å²) in [7, 11) is 0. The Labute approximate surface area is 101 Å². The van der Waals surface area contributed by atoms with Crippen LogP contribution < -0.4 is 16.2 Å². The van der Waals surface area contributed by atoms with E-state index in [1.807, 2.05) is 6.07 Å². The first kappa shape index (κ1) is 12.1. The summed E-state index contributed by atoms with van der Waals surface area (Å²) in [6.45, 7) is 0.734. The molecule has 17 heavy (non-hydrogen) atoms. The average molecular weight is 237 g/mol. The summed E-state index contributed by atoms with van der Waals surface area (Å²) < 4.78 is 0. The second-order valence-electron chi connectivity index (χ2n) is 4.24. The van der Waals surface area contributed by atoms with Gasteiger partial charge in [0.2, 0.25) is 5.95 Å². The molecule has 4 N–H and O–H groups in total. The first-order valence-corrected chi connectivity index (χ1v) is 6.02. The van der Waals surface area contributed by atoms with Gasteiger partial charge in [-0.25, -0.2) is 10.8 Å². The Morgan fingerprint density at radius 2 is 2.24 bits per heavy atom. The predicted molar refractivity (Wildman–Crippen MR) is 66.5 cm³/mol. The fourth-order valence-electron chi connectivity index (χ4n) is 2.39. The maximum Gasteiger partial charge on any atom is 0.239 e. The molecule has 94 valence electrons. The van der Waals surface area contributed by atoms with Crippen molar-refractivity contribution in [2.75, 3.05) is 23.5 Å². The second-order valence-corrected chi connectivity index (χ2v) is 4.24. The topological polar surface area (TPSA) is 87.3 Å². The number of aliphatic hydroxyl groups excluding tert-OH is 1. The molecule has 0 amide bonds. The van der Waals surface area contributed by atoms with E-state index < -0.39 is 0 Å². The van der Waals surface area contributed by atoms with Gasteiger partial charge < -0.3 is 10.0 Å². The van der Waals surface area contributed by atoms with Crippen molar-refractivity contribution in [2.45, 2.75) is 31.7 Å². The third-order valence-corrected chi connectivity index (χ3v) is 3.17. The predicted octanol–water partition coefficient (Wildman–Crippen LogP) is 0.503. The van der Waals surface area contributed by atoms with Gasteiger partial charge in [-0.05, 0) is 18.9 Å². The zero-order valence-corrected chi connectivity index (χ0v) is 9.84. The number of hydrogen-bond donors (Lipinski definition) is 3. The second kappa shape index (κ2) is 5.79. The standard InChI is InChI=1S/C11H19N5O/c12-15-11-13-6-5-10(14-11)16(7-8-17)9-3-1-2-4-9/h5-6,9,17H,1-4,7-8,12H2,(H,13,14,15). The molecule has 0 radical (unpaired) electrons. The average Bonchev–Trinajstić information content (AvgIpc) is 2.89. The maximum atomic E-state index is 9.16. The Hall–Kier alpha value is -1.40. The van der Waals surface area contributed by atoms with Crippen LogP contribution in [0.4, 0.5) is 11.8 Å². The molecule has 1 fully saturated rings. The van der Waals surface area contributed by atoms with Gasteiger partial charge in [0.1, 0.15) is 5.82 Å². The summed E-state index contributed by atoms with van der Waals surface area (Å²) in [6.07, 6.45) is 6.50. The van der Waals surface area contributed by atoms with Crippen molar-refractivity contribution in [3.8, 4) is 0 Å². The summed E-state index contributed by atoms with van der Waals surface area (Å²) in [5.74, 6) is 6.54. The van der Waals surface area contributed by atoms with Crippen LogP contribution >= 0.6 is 0 Å². The van der Waals surface area contributed by atoms with Crippen molar-refractivity contribution in [2.24, 2.45) is 5.84 Å². The van der Waals surface area contributed by atoms with Gasteiger partial charge in [-0.1, -0.05) is 12.8 Å². The summed E-state index contributed by atoms with van der Waals surface area (Å²) >= 11 is 0. The van der Waals surface area contributed by atoms with E-state index in [0.29, 0.717) is 18.5 Å². The van der Waals surface area contributed by atoms with E-state index in [1.165, 1.54) is 12.8 Å². The molecule has 0 unspecified atom stereocenters. The molecule has 6 heteroatoms. The molecular weight excluding hydrogens is 218 g/mol. The summed E-state index contributed by atoms with van der Waals surface area (Å²) in [5.41, 5.74) is 2.44. The SMILES string of the molecule is NNc1nccc(N(CCO)C2CCCC2)n1. The third-order valence-electron chi connectivity index (χ3n) is 3.17. The van der Waals surface area contributed by atoms with Gasteiger partial charge in [0.05, 0.1) is 6.61 Å². The Bertz CT molecular complexity index is 353. The van der Waals surface area contributed by atoms with Crippen molar-refractivity contribution in [1.29, 1.82) is 0 Å². The smallest absolute Gasteiger partial charge is 0.239 e. The van der Waals surface area contributed by atoms with Crippen molar-refractivity contribution in [3.05, 3.63) is 12.3 Å². The molecule has 1 aliphatic carbocycles. The minimum absolute atomic E-state index is 0.131. The van der Waals surface area contributed by atoms with Crippen LogP contribution in [0.3, 0.4) is 0 Å². The number of nitrogens with zero attached hydrogens (tertiary/aromatic N) is 3. The van der Waals surface area contributed by atoms with E-state index in [0.717, 1.165) is 18.7 Å². The van der Waals surface area contributed by atoms with Crippen molar-refractivity contribution >= 4 is 11.8 Å². The molecule has 0 spiro atoms. The number of aliphatic hydroxyl groups is 1. The number of aromatic nitrogens is 2. The highest BCUT2D eigenvalue weighted by Crippen LogP contribution is 2.27. The van der Waals surface area contributed by atoms with E-state index in [1.54, 1.807) is 6.20 Å². The number of anilines is 2. The highest BCUT2D eigenvalue weighted by atomic mass is 16.3. The number of nitrogens with one attached hydrogen (secondary N) is 1. The summed E-state index contributed by atoms with van der Waals surface area (Å²) in [5, 5.41) is 9.16. The monoisotopic (exact) mass is 237 g/mol. The van der Waals surface area contributed by atoms with Crippen molar-refractivity contribution < 1.29 is 5.11 Å². The largest absolute Gasteiger partial charge is 0.395 e. The Kier molecular flexibility index (Phi) is 4.11. The van der Waals surface area contributed by atoms with Gasteiger partial charge in [-0.15, -0.1) is 0 Å². The molecule has 2 rings (SSSR count). The van der Waals surface area contributed by atoms with Gasteiger partial charge >= 0.3 is 0 Å². The number of rotatable bonds is 5. The quantitative estimate of drug-likeness (QED) is 0.511. The van der Waals surface area contributed by atoms with Crippen LogP contribution in [-0.4, -0.2) is 34.3 Å². The van der Waals surface area contributed by atoms with E-state index >= 15 is 0 Å². The van der Waals surface area contributed by atoms with Gasteiger partial charge in [-0.3, -0.25) is 5.43 Å². The van der Waals surface area contributed by atoms with Crippen LogP contribution in [0.15, 0.2) is 12.3 Å². The lowest BCUT2D eigenvalue weighted by Gasteiger charge is -2.29. The fourth-order valence-corrected chi connectivity index (χ4v) is 2.39. The molecule has 0 aromatic carbocycles. The molecule has 0 aliphatic heterocycles.